The van der Waals surface area contributed by atoms with Gasteiger partial charge in [-0.2, -0.15) is 5.10 Å². The molecule has 0 radical (unpaired) electrons. The van der Waals surface area contributed by atoms with E-state index in [4.69, 9.17) is 11.6 Å². The molecule has 0 aromatic heterocycles. The van der Waals surface area contributed by atoms with Crippen LogP contribution in [-0.4, -0.2) is 11.6 Å². The van der Waals surface area contributed by atoms with Crippen molar-refractivity contribution in [2.75, 3.05) is 0 Å². The molecule has 0 heterocycles. The van der Waals surface area contributed by atoms with Gasteiger partial charge in [0.05, 0.1) is 5.71 Å². The number of amides is 1. The Morgan fingerprint density at radius 1 is 1.00 bits per heavy atom. The lowest BCUT2D eigenvalue weighted by atomic mass is 10.1. The van der Waals surface area contributed by atoms with E-state index in [1.807, 2.05) is 37.3 Å². The summed E-state index contributed by atoms with van der Waals surface area (Å²) in [6.07, 6.45) is 0. The first-order chi connectivity index (χ1) is 9.16. The van der Waals surface area contributed by atoms with Gasteiger partial charge >= 0.3 is 0 Å². The number of hydrazone groups is 1. The van der Waals surface area contributed by atoms with E-state index in [0.717, 1.165) is 11.3 Å². The zero-order chi connectivity index (χ0) is 13.7. The summed E-state index contributed by atoms with van der Waals surface area (Å²) in [6.45, 7) is 1.84. The molecule has 0 aliphatic heterocycles. The molecular weight excluding hydrogens is 260 g/mol. The largest absolute Gasteiger partial charge is 0.271 e. The Bertz CT molecular complexity index is 591. The molecule has 2 aromatic rings. The fourth-order valence-corrected chi connectivity index (χ4v) is 1.67. The second kappa shape index (κ2) is 6.16. The maximum absolute atomic E-state index is 11.8. The lowest BCUT2D eigenvalue weighted by molar-refractivity contribution is 0.0955. The van der Waals surface area contributed by atoms with Gasteiger partial charge in [0.1, 0.15) is 0 Å². The molecule has 0 aliphatic rings. The Hall–Kier alpha value is -2.13. The van der Waals surface area contributed by atoms with Crippen molar-refractivity contribution in [2.24, 2.45) is 5.10 Å². The SMILES string of the molecule is CC(=NNC(=O)c1ccc(Cl)cc1)c1ccccc1. The van der Waals surface area contributed by atoms with Crippen molar-refractivity contribution in [1.82, 2.24) is 5.43 Å². The molecule has 4 heteroatoms. The number of nitrogens with zero attached hydrogens (tertiary/aromatic N) is 1. The number of hydrogen-bond donors (Lipinski definition) is 1. The second-order valence-electron chi connectivity index (χ2n) is 4.01. The third-order valence-electron chi connectivity index (χ3n) is 2.62. The molecule has 1 amide bonds. The number of hydrogen-bond acceptors (Lipinski definition) is 2. The predicted octanol–water partition coefficient (Wildman–Crippen LogP) is 3.49. The van der Waals surface area contributed by atoms with Crippen LogP contribution < -0.4 is 5.43 Å². The molecule has 0 spiro atoms. The molecule has 0 saturated carbocycles. The third-order valence-corrected chi connectivity index (χ3v) is 2.88. The summed E-state index contributed by atoms with van der Waals surface area (Å²) in [5.74, 6) is -0.257. The average Bonchev–Trinajstić information content (AvgIpc) is 2.46. The smallest absolute Gasteiger partial charge is 0.267 e. The quantitative estimate of drug-likeness (QED) is 0.674. The van der Waals surface area contributed by atoms with Crippen molar-refractivity contribution in [3.05, 3.63) is 70.7 Å². The Kier molecular flexibility index (Phi) is 4.31. The van der Waals surface area contributed by atoms with Crippen molar-refractivity contribution in [1.29, 1.82) is 0 Å². The van der Waals surface area contributed by atoms with Crippen LogP contribution in [0.15, 0.2) is 59.7 Å². The highest BCUT2D eigenvalue weighted by Gasteiger charge is 2.04. The average molecular weight is 273 g/mol. The lowest BCUT2D eigenvalue weighted by Gasteiger charge is -2.03. The van der Waals surface area contributed by atoms with Crippen LogP contribution >= 0.6 is 11.6 Å². The molecule has 0 fully saturated rings. The van der Waals surface area contributed by atoms with Crippen molar-refractivity contribution in [3.8, 4) is 0 Å². The van der Waals surface area contributed by atoms with Gasteiger partial charge in [0.2, 0.25) is 0 Å². The number of rotatable bonds is 3. The van der Waals surface area contributed by atoms with Crippen LogP contribution in [-0.2, 0) is 0 Å². The molecule has 1 N–H and O–H groups in total. The van der Waals surface area contributed by atoms with Crippen molar-refractivity contribution in [2.45, 2.75) is 6.92 Å². The Balaban J connectivity index is 2.06. The number of halogens is 1. The van der Waals surface area contributed by atoms with E-state index >= 15 is 0 Å². The Morgan fingerprint density at radius 2 is 1.63 bits per heavy atom. The Morgan fingerprint density at radius 3 is 2.26 bits per heavy atom. The van der Waals surface area contributed by atoms with Crippen molar-refractivity contribution < 1.29 is 4.79 Å². The molecule has 0 unspecified atom stereocenters. The van der Waals surface area contributed by atoms with Crippen LogP contribution in [0.3, 0.4) is 0 Å². The van der Waals surface area contributed by atoms with Gasteiger partial charge in [-0.25, -0.2) is 5.43 Å². The first kappa shape index (κ1) is 13.3. The summed E-state index contributed by atoms with van der Waals surface area (Å²) < 4.78 is 0. The summed E-state index contributed by atoms with van der Waals surface area (Å²) in [5, 5.41) is 4.67. The lowest BCUT2D eigenvalue weighted by Crippen LogP contribution is -2.19. The summed E-state index contributed by atoms with van der Waals surface area (Å²) in [7, 11) is 0. The van der Waals surface area contributed by atoms with Crippen LogP contribution in [0, 0.1) is 0 Å². The summed E-state index contributed by atoms with van der Waals surface area (Å²) >= 11 is 5.76. The van der Waals surface area contributed by atoms with Gasteiger partial charge in [0.25, 0.3) is 5.91 Å². The minimum atomic E-state index is -0.257. The molecule has 0 atom stereocenters. The highest BCUT2D eigenvalue weighted by Crippen LogP contribution is 2.09. The number of carbonyl (C=O) groups excluding carboxylic acids is 1. The predicted molar refractivity (Wildman–Crippen MR) is 77.6 cm³/mol. The van der Waals surface area contributed by atoms with Gasteiger partial charge in [-0.3, -0.25) is 4.79 Å². The molecule has 0 aliphatic carbocycles. The van der Waals surface area contributed by atoms with Crippen LogP contribution in [0.2, 0.25) is 5.02 Å². The van der Waals surface area contributed by atoms with E-state index in [-0.39, 0.29) is 5.91 Å². The van der Waals surface area contributed by atoms with E-state index in [2.05, 4.69) is 10.5 Å². The molecule has 2 rings (SSSR count). The normalized spacial score (nSPS) is 11.2. The summed E-state index contributed by atoms with van der Waals surface area (Å²) in [6, 6.07) is 16.3. The van der Waals surface area contributed by atoms with E-state index in [1.54, 1.807) is 24.3 Å². The molecule has 0 bridgehead atoms. The maximum Gasteiger partial charge on any atom is 0.271 e. The van der Waals surface area contributed by atoms with Crippen LogP contribution in [0.5, 0.6) is 0 Å². The zero-order valence-corrected chi connectivity index (χ0v) is 11.2. The summed E-state index contributed by atoms with van der Waals surface area (Å²) in [5.41, 5.74) is 4.77. The molecule has 96 valence electrons. The topological polar surface area (TPSA) is 41.5 Å². The molecular formula is C15H13ClN2O. The number of benzene rings is 2. The third kappa shape index (κ3) is 3.66. The fraction of sp³-hybridized carbons (Fsp3) is 0.0667. The van der Waals surface area contributed by atoms with Gasteiger partial charge in [-0.05, 0) is 36.8 Å². The monoisotopic (exact) mass is 272 g/mol. The second-order valence-corrected chi connectivity index (χ2v) is 4.45. The highest BCUT2D eigenvalue weighted by molar-refractivity contribution is 6.30. The van der Waals surface area contributed by atoms with Gasteiger partial charge in [0.15, 0.2) is 0 Å². The zero-order valence-electron chi connectivity index (χ0n) is 10.4. The van der Waals surface area contributed by atoms with E-state index in [9.17, 15) is 4.79 Å². The van der Waals surface area contributed by atoms with Gasteiger partial charge < -0.3 is 0 Å². The van der Waals surface area contributed by atoms with Crippen LogP contribution in [0.25, 0.3) is 0 Å². The van der Waals surface area contributed by atoms with Crippen molar-refractivity contribution >= 4 is 23.2 Å². The number of nitrogens with one attached hydrogen (secondary N) is 1. The van der Waals surface area contributed by atoms with E-state index in [1.165, 1.54) is 0 Å². The summed E-state index contributed by atoms with van der Waals surface area (Å²) in [4.78, 5) is 11.8. The number of carbonyl (C=O) groups is 1. The first-order valence-corrected chi connectivity index (χ1v) is 6.20. The van der Waals surface area contributed by atoms with E-state index in [0.29, 0.717) is 10.6 Å². The van der Waals surface area contributed by atoms with Crippen LogP contribution in [0.1, 0.15) is 22.8 Å². The van der Waals surface area contributed by atoms with Gasteiger partial charge in [-0.1, -0.05) is 41.9 Å². The molecule has 2 aromatic carbocycles. The van der Waals surface area contributed by atoms with Crippen molar-refractivity contribution in [3.63, 3.8) is 0 Å². The maximum atomic E-state index is 11.8. The standard InChI is InChI=1S/C15H13ClN2O/c1-11(12-5-3-2-4-6-12)17-18-15(19)13-7-9-14(16)10-8-13/h2-10H,1H3,(H,18,19). The molecule has 3 nitrogen and oxygen atoms in total. The minimum absolute atomic E-state index is 0.257. The molecule has 0 saturated heterocycles. The van der Waals surface area contributed by atoms with E-state index < -0.39 is 0 Å². The van der Waals surface area contributed by atoms with Crippen LogP contribution in [0.4, 0.5) is 0 Å². The highest BCUT2D eigenvalue weighted by atomic mass is 35.5. The fourth-order valence-electron chi connectivity index (χ4n) is 1.54. The van der Waals surface area contributed by atoms with Gasteiger partial charge in [-0.15, -0.1) is 0 Å². The van der Waals surface area contributed by atoms with Gasteiger partial charge in [0, 0.05) is 10.6 Å². The molecule has 19 heavy (non-hydrogen) atoms. The first-order valence-electron chi connectivity index (χ1n) is 5.82. The minimum Gasteiger partial charge on any atom is -0.267 e. The Labute approximate surface area is 116 Å².